The Hall–Kier alpha value is -2.74. The molecule has 24 heavy (non-hydrogen) atoms. The quantitative estimate of drug-likeness (QED) is 0.674. The van der Waals surface area contributed by atoms with Crippen molar-refractivity contribution in [3.05, 3.63) is 83.9 Å². The fraction of sp³-hybridized carbons (Fsp3) is 0.182. The lowest BCUT2D eigenvalue weighted by atomic mass is 10.0. The van der Waals surface area contributed by atoms with Crippen molar-refractivity contribution in [3.8, 4) is 16.9 Å². The molecule has 0 aromatic heterocycles. The fourth-order valence-electron chi connectivity index (χ4n) is 2.89. The highest BCUT2D eigenvalue weighted by atomic mass is 16.3. The van der Waals surface area contributed by atoms with E-state index >= 15 is 0 Å². The van der Waals surface area contributed by atoms with Gasteiger partial charge in [-0.05, 0) is 41.7 Å². The standard InChI is InChI=1S/C14H14.C8H9NO/c1-2-12-8-10-14(11-9-12)13-6-4-3-5-7-13;10-8-3-1-2-7-6(8)4-5-9-7/h3-11H,2H2,1H3;1-3,9-10H,4-5H2. The number of rotatable bonds is 2. The molecule has 0 aliphatic carbocycles. The van der Waals surface area contributed by atoms with Crippen molar-refractivity contribution in [1.82, 2.24) is 0 Å². The minimum absolute atomic E-state index is 0.419. The van der Waals surface area contributed by atoms with E-state index in [-0.39, 0.29) is 0 Å². The van der Waals surface area contributed by atoms with Crippen LogP contribution in [0.2, 0.25) is 0 Å². The van der Waals surface area contributed by atoms with Crippen molar-refractivity contribution < 1.29 is 5.11 Å². The highest BCUT2D eigenvalue weighted by Gasteiger charge is 2.11. The summed E-state index contributed by atoms with van der Waals surface area (Å²) in [5, 5.41) is 12.5. The molecule has 0 atom stereocenters. The molecule has 1 aliphatic heterocycles. The van der Waals surface area contributed by atoms with E-state index in [1.54, 1.807) is 6.07 Å². The number of aryl methyl sites for hydroxylation is 1. The zero-order valence-electron chi connectivity index (χ0n) is 14.0. The van der Waals surface area contributed by atoms with Crippen molar-refractivity contribution in [1.29, 1.82) is 0 Å². The molecule has 4 rings (SSSR count). The van der Waals surface area contributed by atoms with E-state index in [0.29, 0.717) is 5.75 Å². The second-order valence-electron chi connectivity index (χ2n) is 5.90. The summed E-state index contributed by atoms with van der Waals surface area (Å²) in [6.07, 6.45) is 2.05. The van der Waals surface area contributed by atoms with Crippen LogP contribution in [0, 0.1) is 0 Å². The Balaban J connectivity index is 0.000000149. The van der Waals surface area contributed by atoms with Gasteiger partial charge >= 0.3 is 0 Å². The summed E-state index contributed by atoms with van der Waals surface area (Å²) in [6, 6.07) is 24.8. The molecule has 0 radical (unpaired) electrons. The Morgan fingerprint density at radius 1 is 0.833 bits per heavy atom. The average Bonchev–Trinajstić information content (AvgIpc) is 3.13. The maximum atomic E-state index is 9.29. The Kier molecular flexibility index (Phi) is 5.17. The molecule has 2 N–H and O–H groups in total. The lowest BCUT2D eigenvalue weighted by molar-refractivity contribution is 0.470. The molecule has 0 spiro atoms. The first-order valence-corrected chi connectivity index (χ1v) is 8.47. The van der Waals surface area contributed by atoms with E-state index in [1.165, 1.54) is 16.7 Å². The molecule has 3 aromatic carbocycles. The molecule has 1 aliphatic rings. The summed E-state index contributed by atoms with van der Waals surface area (Å²) < 4.78 is 0. The number of hydrogen-bond acceptors (Lipinski definition) is 2. The molecule has 0 fully saturated rings. The zero-order chi connectivity index (χ0) is 16.8. The second kappa shape index (κ2) is 7.69. The molecule has 0 unspecified atom stereocenters. The summed E-state index contributed by atoms with van der Waals surface area (Å²) >= 11 is 0. The van der Waals surface area contributed by atoms with Crippen LogP contribution in [0.5, 0.6) is 5.75 Å². The predicted molar refractivity (Wildman–Crippen MR) is 102 cm³/mol. The number of benzene rings is 3. The molecule has 1 heterocycles. The summed E-state index contributed by atoms with van der Waals surface area (Å²) in [7, 11) is 0. The molecule has 0 saturated heterocycles. The van der Waals surface area contributed by atoms with Gasteiger partial charge in [0.1, 0.15) is 5.75 Å². The molecular formula is C22H23NO. The van der Waals surface area contributed by atoms with Gasteiger partial charge in [0.2, 0.25) is 0 Å². The number of nitrogens with one attached hydrogen (secondary N) is 1. The Morgan fingerprint density at radius 2 is 1.54 bits per heavy atom. The molecule has 3 aromatic rings. The first-order chi connectivity index (χ1) is 11.8. The number of anilines is 1. The van der Waals surface area contributed by atoms with E-state index in [4.69, 9.17) is 0 Å². The van der Waals surface area contributed by atoms with Crippen LogP contribution < -0.4 is 5.32 Å². The van der Waals surface area contributed by atoms with Gasteiger partial charge in [-0.25, -0.2) is 0 Å². The number of fused-ring (bicyclic) bond motifs is 1. The lowest BCUT2D eigenvalue weighted by Gasteiger charge is -2.02. The summed E-state index contributed by atoms with van der Waals surface area (Å²) in [4.78, 5) is 0. The smallest absolute Gasteiger partial charge is 0.120 e. The van der Waals surface area contributed by atoms with Crippen LogP contribution in [0.15, 0.2) is 72.8 Å². The molecule has 0 saturated carbocycles. The van der Waals surface area contributed by atoms with E-state index in [0.717, 1.165) is 30.6 Å². The van der Waals surface area contributed by atoms with Gasteiger partial charge in [-0.2, -0.15) is 0 Å². The van der Waals surface area contributed by atoms with Crippen molar-refractivity contribution in [2.75, 3.05) is 11.9 Å². The Morgan fingerprint density at radius 3 is 2.21 bits per heavy atom. The molecule has 2 nitrogen and oxygen atoms in total. The van der Waals surface area contributed by atoms with E-state index in [9.17, 15) is 5.11 Å². The van der Waals surface area contributed by atoms with Gasteiger partial charge in [0, 0.05) is 17.8 Å². The van der Waals surface area contributed by atoms with Crippen LogP contribution in [0.4, 0.5) is 5.69 Å². The van der Waals surface area contributed by atoms with Crippen LogP contribution >= 0.6 is 0 Å². The average molecular weight is 317 g/mol. The maximum Gasteiger partial charge on any atom is 0.120 e. The van der Waals surface area contributed by atoms with E-state index < -0.39 is 0 Å². The van der Waals surface area contributed by atoms with Crippen molar-refractivity contribution >= 4 is 5.69 Å². The van der Waals surface area contributed by atoms with Gasteiger partial charge < -0.3 is 10.4 Å². The van der Waals surface area contributed by atoms with Crippen molar-refractivity contribution in [2.45, 2.75) is 19.8 Å². The van der Waals surface area contributed by atoms with Crippen LogP contribution in [0.25, 0.3) is 11.1 Å². The minimum Gasteiger partial charge on any atom is -0.508 e. The first kappa shape index (κ1) is 16.1. The fourth-order valence-corrected chi connectivity index (χ4v) is 2.89. The summed E-state index contributed by atoms with van der Waals surface area (Å²) in [6.45, 7) is 3.13. The first-order valence-electron chi connectivity index (χ1n) is 8.47. The third kappa shape index (κ3) is 3.77. The molecular weight excluding hydrogens is 294 g/mol. The van der Waals surface area contributed by atoms with Gasteiger partial charge in [0.15, 0.2) is 0 Å². The SMILES string of the molecule is CCc1ccc(-c2ccccc2)cc1.Oc1cccc2c1CCN2. The minimum atomic E-state index is 0.419. The van der Waals surface area contributed by atoms with Crippen LogP contribution in [-0.4, -0.2) is 11.7 Å². The van der Waals surface area contributed by atoms with Crippen molar-refractivity contribution in [3.63, 3.8) is 0 Å². The van der Waals surface area contributed by atoms with Gasteiger partial charge in [-0.1, -0.05) is 67.6 Å². The van der Waals surface area contributed by atoms with E-state index in [1.807, 2.05) is 18.2 Å². The van der Waals surface area contributed by atoms with Gasteiger partial charge in [0.25, 0.3) is 0 Å². The predicted octanol–water partition coefficient (Wildman–Crippen LogP) is 5.28. The number of phenolic OH excluding ortho intramolecular Hbond substituents is 1. The maximum absolute atomic E-state index is 9.29. The second-order valence-corrected chi connectivity index (χ2v) is 5.90. The summed E-state index contributed by atoms with van der Waals surface area (Å²) in [5.74, 6) is 0.419. The van der Waals surface area contributed by atoms with Crippen molar-refractivity contribution in [2.24, 2.45) is 0 Å². The van der Waals surface area contributed by atoms with Gasteiger partial charge in [-0.15, -0.1) is 0 Å². The highest BCUT2D eigenvalue weighted by molar-refractivity contribution is 5.63. The lowest BCUT2D eigenvalue weighted by Crippen LogP contribution is -1.90. The van der Waals surface area contributed by atoms with Crippen LogP contribution in [-0.2, 0) is 12.8 Å². The van der Waals surface area contributed by atoms with E-state index in [2.05, 4.69) is 60.8 Å². The third-order valence-corrected chi connectivity index (χ3v) is 4.31. The molecule has 0 bridgehead atoms. The molecule has 0 amide bonds. The topological polar surface area (TPSA) is 32.3 Å². The number of aromatic hydroxyl groups is 1. The van der Waals surface area contributed by atoms with Crippen LogP contribution in [0.3, 0.4) is 0 Å². The molecule has 2 heteroatoms. The molecule has 122 valence electrons. The number of phenols is 1. The van der Waals surface area contributed by atoms with Gasteiger partial charge in [-0.3, -0.25) is 0 Å². The largest absolute Gasteiger partial charge is 0.508 e. The third-order valence-electron chi connectivity index (χ3n) is 4.31. The summed E-state index contributed by atoms with van der Waals surface area (Å²) in [5.41, 5.74) is 6.12. The Bertz CT molecular complexity index is 779. The zero-order valence-corrected chi connectivity index (χ0v) is 14.0. The van der Waals surface area contributed by atoms with Crippen LogP contribution in [0.1, 0.15) is 18.1 Å². The highest BCUT2D eigenvalue weighted by Crippen LogP contribution is 2.29. The monoisotopic (exact) mass is 317 g/mol. The van der Waals surface area contributed by atoms with Gasteiger partial charge in [0.05, 0.1) is 0 Å². The Labute approximate surface area is 143 Å². The number of hydrogen-bond donors (Lipinski definition) is 2. The normalized spacial score (nSPS) is 11.9.